The Labute approximate surface area is 123 Å². The lowest BCUT2D eigenvalue weighted by Gasteiger charge is -2.13. The van der Waals surface area contributed by atoms with E-state index in [0.29, 0.717) is 5.92 Å². The number of para-hydroxylation sites is 1. The van der Waals surface area contributed by atoms with Crippen LogP contribution in [-0.4, -0.2) is 12.8 Å². The third kappa shape index (κ3) is 2.33. The highest BCUT2D eigenvalue weighted by atomic mass is 16.5. The lowest BCUT2D eigenvalue weighted by Crippen LogP contribution is -2.22. The second-order valence-corrected chi connectivity index (χ2v) is 5.83. The summed E-state index contributed by atoms with van der Waals surface area (Å²) in [7, 11) is 0. The lowest BCUT2D eigenvalue weighted by molar-refractivity contribution is 0.0633. The number of fused-ring (bicyclic) bond motifs is 3. The van der Waals surface area contributed by atoms with E-state index in [4.69, 9.17) is 14.9 Å². The summed E-state index contributed by atoms with van der Waals surface area (Å²) >= 11 is 0. The van der Waals surface area contributed by atoms with Crippen LogP contribution in [0.25, 0.3) is 21.9 Å². The molecule has 2 atom stereocenters. The molecular weight excluding hydrogens is 262 g/mol. The van der Waals surface area contributed by atoms with Crippen molar-refractivity contribution in [3.63, 3.8) is 0 Å². The van der Waals surface area contributed by atoms with Gasteiger partial charge in [0.1, 0.15) is 17.4 Å². The molecule has 0 aliphatic carbocycles. The van der Waals surface area contributed by atoms with Crippen molar-refractivity contribution >= 4 is 21.9 Å². The minimum atomic E-state index is -0.103. The standard InChI is InChI=1S/C18H19NO2/c19-18-8-6-12(9-10-20-18)13-5-7-17-15(11-13)14-3-1-2-4-16(14)21-17/h1-5,7,11-12,18H,6,8-10,19H2. The van der Waals surface area contributed by atoms with Crippen molar-refractivity contribution in [2.24, 2.45) is 5.73 Å². The number of furan rings is 1. The first-order chi connectivity index (χ1) is 10.3. The summed E-state index contributed by atoms with van der Waals surface area (Å²) in [5, 5.41) is 2.40. The quantitative estimate of drug-likeness (QED) is 0.728. The maximum atomic E-state index is 5.89. The van der Waals surface area contributed by atoms with Gasteiger partial charge < -0.3 is 14.9 Å². The molecule has 1 aromatic heterocycles. The largest absolute Gasteiger partial charge is 0.456 e. The Bertz CT molecular complexity index is 777. The Balaban J connectivity index is 1.77. The van der Waals surface area contributed by atoms with Crippen molar-refractivity contribution in [2.45, 2.75) is 31.4 Å². The summed E-state index contributed by atoms with van der Waals surface area (Å²) in [5.41, 5.74) is 9.17. The van der Waals surface area contributed by atoms with E-state index >= 15 is 0 Å². The van der Waals surface area contributed by atoms with Crippen LogP contribution >= 0.6 is 0 Å². The molecule has 2 unspecified atom stereocenters. The number of ether oxygens (including phenoxy) is 1. The molecule has 0 spiro atoms. The maximum Gasteiger partial charge on any atom is 0.135 e. The first-order valence-electron chi connectivity index (χ1n) is 7.59. The summed E-state index contributed by atoms with van der Waals surface area (Å²) < 4.78 is 11.4. The number of rotatable bonds is 1. The molecule has 3 nitrogen and oxygen atoms in total. The number of benzene rings is 2. The van der Waals surface area contributed by atoms with Crippen LogP contribution < -0.4 is 5.73 Å². The van der Waals surface area contributed by atoms with Gasteiger partial charge in [-0.05, 0) is 48.9 Å². The minimum absolute atomic E-state index is 0.103. The van der Waals surface area contributed by atoms with Crippen LogP contribution in [0.5, 0.6) is 0 Å². The highest BCUT2D eigenvalue weighted by molar-refractivity contribution is 6.05. The molecule has 0 amide bonds. The van der Waals surface area contributed by atoms with E-state index < -0.39 is 0 Å². The zero-order valence-corrected chi connectivity index (χ0v) is 11.9. The molecule has 3 heteroatoms. The third-order valence-corrected chi connectivity index (χ3v) is 4.47. The Morgan fingerprint density at radius 2 is 1.76 bits per heavy atom. The highest BCUT2D eigenvalue weighted by Gasteiger charge is 2.19. The Morgan fingerprint density at radius 3 is 2.71 bits per heavy atom. The van der Waals surface area contributed by atoms with Crippen molar-refractivity contribution in [3.05, 3.63) is 48.0 Å². The molecule has 0 radical (unpaired) electrons. The molecule has 4 rings (SSSR count). The second-order valence-electron chi connectivity index (χ2n) is 5.83. The van der Waals surface area contributed by atoms with Crippen molar-refractivity contribution in [1.29, 1.82) is 0 Å². The first-order valence-corrected chi connectivity index (χ1v) is 7.59. The number of nitrogens with two attached hydrogens (primary N) is 1. The Morgan fingerprint density at radius 1 is 0.905 bits per heavy atom. The van der Waals surface area contributed by atoms with Crippen LogP contribution in [0.2, 0.25) is 0 Å². The molecule has 21 heavy (non-hydrogen) atoms. The average molecular weight is 281 g/mol. The van der Waals surface area contributed by atoms with E-state index in [1.807, 2.05) is 12.1 Å². The maximum absolute atomic E-state index is 5.89. The summed E-state index contributed by atoms with van der Waals surface area (Å²) in [6, 6.07) is 14.8. The Kier molecular flexibility index (Phi) is 3.17. The predicted molar refractivity (Wildman–Crippen MR) is 84.2 cm³/mol. The fourth-order valence-corrected chi connectivity index (χ4v) is 3.29. The second kappa shape index (κ2) is 5.17. The van der Waals surface area contributed by atoms with E-state index in [0.717, 1.165) is 37.0 Å². The molecule has 0 saturated carbocycles. The summed E-state index contributed by atoms with van der Waals surface area (Å²) in [5.74, 6) is 0.525. The first kappa shape index (κ1) is 12.9. The van der Waals surface area contributed by atoms with E-state index in [1.54, 1.807) is 0 Å². The molecule has 1 aliphatic heterocycles. The molecular formula is C18H19NO2. The van der Waals surface area contributed by atoms with E-state index in [2.05, 4.69) is 30.3 Å². The smallest absolute Gasteiger partial charge is 0.135 e. The van der Waals surface area contributed by atoms with Crippen LogP contribution in [0.3, 0.4) is 0 Å². The van der Waals surface area contributed by atoms with Gasteiger partial charge in [-0.3, -0.25) is 0 Å². The van der Waals surface area contributed by atoms with Crippen molar-refractivity contribution in [1.82, 2.24) is 0 Å². The summed E-state index contributed by atoms with van der Waals surface area (Å²) in [4.78, 5) is 0. The zero-order valence-electron chi connectivity index (χ0n) is 11.9. The summed E-state index contributed by atoms with van der Waals surface area (Å²) in [6.45, 7) is 0.746. The third-order valence-electron chi connectivity index (χ3n) is 4.47. The van der Waals surface area contributed by atoms with Gasteiger partial charge >= 0.3 is 0 Å². The molecule has 1 aliphatic rings. The minimum Gasteiger partial charge on any atom is -0.456 e. The summed E-state index contributed by atoms with van der Waals surface area (Å²) in [6.07, 6.45) is 2.94. The normalized spacial score (nSPS) is 23.5. The SMILES string of the molecule is NC1CCC(c2ccc3oc4ccccc4c3c2)CCO1. The van der Waals surface area contributed by atoms with Gasteiger partial charge in [0.15, 0.2) is 0 Å². The van der Waals surface area contributed by atoms with Crippen LogP contribution in [0.4, 0.5) is 0 Å². The van der Waals surface area contributed by atoms with Gasteiger partial charge in [0.25, 0.3) is 0 Å². The monoisotopic (exact) mass is 281 g/mol. The number of hydrogen-bond donors (Lipinski definition) is 1. The fourth-order valence-electron chi connectivity index (χ4n) is 3.29. The molecule has 2 N–H and O–H groups in total. The van der Waals surface area contributed by atoms with Crippen molar-refractivity contribution < 1.29 is 9.15 Å². The zero-order chi connectivity index (χ0) is 14.2. The molecule has 108 valence electrons. The molecule has 3 aromatic rings. The van der Waals surface area contributed by atoms with Gasteiger partial charge in [-0.1, -0.05) is 24.3 Å². The van der Waals surface area contributed by atoms with E-state index in [1.165, 1.54) is 16.3 Å². The van der Waals surface area contributed by atoms with Crippen molar-refractivity contribution in [2.75, 3.05) is 6.61 Å². The van der Waals surface area contributed by atoms with Gasteiger partial charge in [0.2, 0.25) is 0 Å². The Hall–Kier alpha value is -1.84. The molecule has 2 aromatic carbocycles. The highest BCUT2D eigenvalue weighted by Crippen LogP contribution is 2.34. The van der Waals surface area contributed by atoms with Gasteiger partial charge in [-0.15, -0.1) is 0 Å². The van der Waals surface area contributed by atoms with Crippen molar-refractivity contribution in [3.8, 4) is 0 Å². The molecule has 1 fully saturated rings. The van der Waals surface area contributed by atoms with Crippen LogP contribution in [0.15, 0.2) is 46.9 Å². The van der Waals surface area contributed by atoms with Crippen LogP contribution in [0.1, 0.15) is 30.7 Å². The van der Waals surface area contributed by atoms with E-state index in [9.17, 15) is 0 Å². The molecule has 1 saturated heterocycles. The number of hydrogen-bond acceptors (Lipinski definition) is 3. The van der Waals surface area contributed by atoms with Gasteiger partial charge in [0.05, 0.1) is 0 Å². The molecule has 2 heterocycles. The van der Waals surface area contributed by atoms with Gasteiger partial charge in [-0.25, -0.2) is 0 Å². The average Bonchev–Trinajstić information content (AvgIpc) is 2.74. The van der Waals surface area contributed by atoms with E-state index in [-0.39, 0.29) is 6.23 Å². The topological polar surface area (TPSA) is 48.4 Å². The van der Waals surface area contributed by atoms with Gasteiger partial charge in [0, 0.05) is 17.4 Å². The lowest BCUT2D eigenvalue weighted by atomic mass is 9.91. The van der Waals surface area contributed by atoms with Gasteiger partial charge in [-0.2, -0.15) is 0 Å². The predicted octanol–water partition coefficient (Wildman–Crippen LogP) is 4.15. The molecule has 0 bridgehead atoms. The fraction of sp³-hybridized carbons (Fsp3) is 0.333. The van der Waals surface area contributed by atoms with Crippen LogP contribution in [0, 0.1) is 0 Å². The van der Waals surface area contributed by atoms with Crippen LogP contribution in [-0.2, 0) is 4.74 Å².